The highest BCUT2D eigenvalue weighted by atomic mass is 16.3. The number of carbonyl (C=O) groups excluding carboxylic acids is 1. The molecule has 0 aliphatic rings. The van der Waals surface area contributed by atoms with Gasteiger partial charge in [0.05, 0.1) is 18.1 Å². The van der Waals surface area contributed by atoms with Crippen molar-refractivity contribution in [2.45, 2.75) is 31.4 Å². The molecule has 0 radical (unpaired) electrons. The van der Waals surface area contributed by atoms with Gasteiger partial charge in [0.1, 0.15) is 0 Å². The summed E-state index contributed by atoms with van der Waals surface area (Å²) in [6.45, 7) is 1.87. The van der Waals surface area contributed by atoms with Crippen LogP contribution >= 0.6 is 0 Å². The fraction of sp³-hybridized carbons (Fsp3) is 0.250. The van der Waals surface area contributed by atoms with Crippen LogP contribution in [0.25, 0.3) is 0 Å². The molecule has 0 unspecified atom stereocenters. The van der Waals surface area contributed by atoms with Gasteiger partial charge in [-0.15, -0.1) is 0 Å². The van der Waals surface area contributed by atoms with E-state index in [1.54, 1.807) is 24.3 Å². The van der Waals surface area contributed by atoms with Gasteiger partial charge >= 0.3 is 0 Å². The molecule has 0 saturated carbocycles. The molecule has 3 aromatic rings. The standard InChI is InChI=1S/C24H26N2O2/c1-18(23(27)20-12-7-4-8-13-20)26(2)24(28)22(21-14-9-15-25-17-21)16-19-10-5-3-6-11-19/h3-15,17-18,22-23,27H,16H2,1-2H3/t18-,22-,23+/m0/s1. The average Bonchev–Trinajstić information content (AvgIpc) is 2.77. The number of aromatic nitrogens is 1. The van der Waals surface area contributed by atoms with E-state index in [0.29, 0.717) is 6.42 Å². The molecule has 0 fully saturated rings. The molecule has 144 valence electrons. The van der Waals surface area contributed by atoms with E-state index in [2.05, 4.69) is 4.98 Å². The molecule has 28 heavy (non-hydrogen) atoms. The predicted octanol–water partition coefficient (Wildman–Crippen LogP) is 3.99. The lowest BCUT2D eigenvalue weighted by Crippen LogP contribution is -2.42. The van der Waals surface area contributed by atoms with Crippen molar-refractivity contribution < 1.29 is 9.90 Å². The zero-order chi connectivity index (χ0) is 19.9. The minimum absolute atomic E-state index is 0.0284. The Labute approximate surface area is 166 Å². The number of benzene rings is 2. The minimum Gasteiger partial charge on any atom is -0.386 e. The number of pyridine rings is 1. The molecule has 1 aromatic heterocycles. The van der Waals surface area contributed by atoms with Crippen LogP contribution in [-0.2, 0) is 11.2 Å². The number of hydrogen-bond donors (Lipinski definition) is 1. The summed E-state index contributed by atoms with van der Waals surface area (Å²) >= 11 is 0. The van der Waals surface area contributed by atoms with Gasteiger partial charge in [0.15, 0.2) is 0 Å². The van der Waals surface area contributed by atoms with Crippen LogP contribution in [0.5, 0.6) is 0 Å². The molecule has 1 heterocycles. The van der Waals surface area contributed by atoms with E-state index in [9.17, 15) is 9.90 Å². The van der Waals surface area contributed by atoms with E-state index >= 15 is 0 Å². The number of amides is 1. The number of rotatable bonds is 7. The van der Waals surface area contributed by atoms with Crippen LogP contribution in [0.15, 0.2) is 85.2 Å². The second kappa shape index (κ2) is 9.29. The maximum absolute atomic E-state index is 13.4. The Morgan fingerprint density at radius 3 is 2.18 bits per heavy atom. The molecule has 1 amide bonds. The topological polar surface area (TPSA) is 53.4 Å². The van der Waals surface area contributed by atoms with Crippen molar-refractivity contribution in [3.05, 3.63) is 102 Å². The Balaban J connectivity index is 1.83. The lowest BCUT2D eigenvalue weighted by Gasteiger charge is -2.32. The van der Waals surface area contributed by atoms with Gasteiger partial charge in [0.25, 0.3) is 0 Å². The van der Waals surface area contributed by atoms with Crippen LogP contribution in [0.2, 0.25) is 0 Å². The van der Waals surface area contributed by atoms with Gasteiger partial charge in [-0.3, -0.25) is 9.78 Å². The van der Waals surface area contributed by atoms with Gasteiger partial charge in [-0.05, 0) is 36.1 Å². The first-order valence-electron chi connectivity index (χ1n) is 9.51. The van der Waals surface area contributed by atoms with Crippen molar-refractivity contribution >= 4 is 5.91 Å². The first kappa shape index (κ1) is 19.8. The third-order valence-electron chi connectivity index (χ3n) is 5.22. The van der Waals surface area contributed by atoms with Gasteiger partial charge in [-0.2, -0.15) is 0 Å². The number of aliphatic hydroxyl groups excluding tert-OH is 1. The molecule has 0 spiro atoms. The van der Waals surface area contributed by atoms with E-state index in [0.717, 1.165) is 16.7 Å². The second-order valence-corrected chi connectivity index (χ2v) is 7.07. The summed E-state index contributed by atoms with van der Waals surface area (Å²) < 4.78 is 0. The third-order valence-corrected chi connectivity index (χ3v) is 5.22. The SMILES string of the molecule is C[C@@H]([C@@H](O)c1ccccc1)N(C)C(=O)[C@@H](Cc1ccccc1)c1cccnc1. The van der Waals surface area contributed by atoms with Gasteiger partial charge in [-0.1, -0.05) is 66.7 Å². The number of hydrogen-bond acceptors (Lipinski definition) is 3. The first-order valence-corrected chi connectivity index (χ1v) is 9.51. The zero-order valence-electron chi connectivity index (χ0n) is 16.3. The summed E-state index contributed by atoms with van der Waals surface area (Å²) in [6.07, 6.45) is 3.29. The second-order valence-electron chi connectivity index (χ2n) is 7.07. The van der Waals surface area contributed by atoms with Crippen molar-refractivity contribution in [3.8, 4) is 0 Å². The number of nitrogens with zero attached hydrogens (tertiary/aromatic N) is 2. The summed E-state index contributed by atoms with van der Waals surface area (Å²) in [5, 5.41) is 10.7. The Morgan fingerprint density at radius 2 is 1.57 bits per heavy atom. The summed E-state index contributed by atoms with van der Waals surface area (Å²) in [7, 11) is 1.76. The van der Waals surface area contributed by atoms with Gasteiger partial charge in [0.2, 0.25) is 5.91 Å². The van der Waals surface area contributed by atoms with Crippen molar-refractivity contribution in [3.63, 3.8) is 0 Å². The van der Waals surface area contributed by atoms with Crippen molar-refractivity contribution in [2.75, 3.05) is 7.05 Å². The zero-order valence-corrected chi connectivity index (χ0v) is 16.3. The maximum atomic E-state index is 13.4. The van der Waals surface area contributed by atoms with E-state index in [4.69, 9.17) is 0 Å². The molecule has 0 bridgehead atoms. The van der Waals surface area contributed by atoms with E-state index in [1.165, 1.54) is 0 Å². The largest absolute Gasteiger partial charge is 0.386 e. The third kappa shape index (κ3) is 4.65. The Bertz CT molecular complexity index is 869. The fourth-order valence-corrected chi connectivity index (χ4v) is 3.37. The molecule has 4 heteroatoms. The van der Waals surface area contributed by atoms with E-state index < -0.39 is 6.10 Å². The highest BCUT2D eigenvalue weighted by molar-refractivity contribution is 5.84. The molecule has 0 aliphatic heterocycles. The summed E-state index contributed by atoms with van der Waals surface area (Å²) in [4.78, 5) is 19.3. The lowest BCUT2D eigenvalue weighted by molar-refractivity contribution is -0.135. The normalized spacial score (nSPS) is 14.1. The number of carbonyl (C=O) groups is 1. The van der Waals surface area contributed by atoms with Crippen LogP contribution in [-0.4, -0.2) is 34.0 Å². The first-order chi connectivity index (χ1) is 13.6. The van der Waals surface area contributed by atoms with Crippen molar-refractivity contribution in [1.29, 1.82) is 0 Å². The summed E-state index contributed by atoms with van der Waals surface area (Å²) in [5.74, 6) is -0.383. The monoisotopic (exact) mass is 374 g/mol. The number of likely N-dealkylation sites (N-methyl/N-ethyl adjacent to an activating group) is 1. The predicted molar refractivity (Wildman–Crippen MR) is 111 cm³/mol. The Kier molecular flexibility index (Phi) is 6.56. The molecule has 1 N–H and O–H groups in total. The molecule has 3 rings (SSSR count). The smallest absolute Gasteiger partial charge is 0.230 e. The van der Waals surface area contributed by atoms with Crippen LogP contribution in [0, 0.1) is 0 Å². The molecule has 2 aromatic carbocycles. The average molecular weight is 374 g/mol. The van der Waals surface area contributed by atoms with Gasteiger partial charge in [-0.25, -0.2) is 0 Å². The van der Waals surface area contributed by atoms with Gasteiger partial charge in [0, 0.05) is 19.4 Å². The van der Waals surface area contributed by atoms with Crippen LogP contribution in [0.3, 0.4) is 0 Å². The van der Waals surface area contributed by atoms with Crippen LogP contribution in [0.1, 0.15) is 35.6 Å². The Morgan fingerprint density at radius 1 is 0.964 bits per heavy atom. The molecular formula is C24H26N2O2. The van der Waals surface area contributed by atoms with Crippen LogP contribution < -0.4 is 0 Å². The molecule has 4 nitrogen and oxygen atoms in total. The molecule has 3 atom stereocenters. The highest BCUT2D eigenvalue weighted by Crippen LogP contribution is 2.26. The molecule has 0 aliphatic carbocycles. The lowest BCUT2D eigenvalue weighted by atomic mass is 9.91. The molecular weight excluding hydrogens is 348 g/mol. The Hall–Kier alpha value is -2.98. The van der Waals surface area contributed by atoms with E-state index in [1.807, 2.05) is 79.7 Å². The summed E-state index contributed by atoms with van der Waals surface area (Å²) in [6, 6.07) is 22.8. The van der Waals surface area contributed by atoms with E-state index in [-0.39, 0.29) is 17.9 Å². The number of aliphatic hydroxyl groups is 1. The highest BCUT2D eigenvalue weighted by Gasteiger charge is 2.30. The van der Waals surface area contributed by atoms with Crippen molar-refractivity contribution in [2.24, 2.45) is 0 Å². The minimum atomic E-state index is -0.749. The fourth-order valence-electron chi connectivity index (χ4n) is 3.37. The summed E-state index contributed by atoms with van der Waals surface area (Å²) in [5.41, 5.74) is 2.77. The quantitative estimate of drug-likeness (QED) is 0.680. The maximum Gasteiger partial charge on any atom is 0.230 e. The van der Waals surface area contributed by atoms with Crippen molar-refractivity contribution in [1.82, 2.24) is 9.88 Å². The van der Waals surface area contributed by atoms with Gasteiger partial charge < -0.3 is 10.0 Å². The molecule has 0 saturated heterocycles. The van der Waals surface area contributed by atoms with Crippen LogP contribution in [0.4, 0.5) is 0 Å².